The Hall–Kier alpha value is -5.24. The predicted molar refractivity (Wildman–Crippen MR) is 218 cm³/mol. The van der Waals surface area contributed by atoms with Crippen molar-refractivity contribution in [3.05, 3.63) is 152 Å². The van der Waals surface area contributed by atoms with Crippen LogP contribution in [0.2, 0.25) is 18.1 Å². The van der Waals surface area contributed by atoms with E-state index in [-0.39, 0.29) is 5.04 Å². The summed E-state index contributed by atoms with van der Waals surface area (Å²) in [6.45, 7) is 12.5. The lowest BCUT2D eigenvalue weighted by molar-refractivity contribution is 0.730. The van der Waals surface area contributed by atoms with Crippen LogP contribution in [0.4, 0.5) is 0 Å². The van der Waals surface area contributed by atoms with Gasteiger partial charge in [0, 0.05) is 0 Å². The Balaban J connectivity index is 1.46. The van der Waals surface area contributed by atoms with Crippen LogP contribution in [0.25, 0.3) is 87.2 Å². The SMILES string of the molecule is CC(C)(C)[Si](C)(C)c1cc(-c2ccc3ccccc3c2)c2ccc3c(-c4ccccc4)cc(-c4ccc5ccccc5c4)c4ccc1c2c34. The van der Waals surface area contributed by atoms with E-state index in [2.05, 4.69) is 186 Å². The molecule has 0 amide bonds. The van der Waals surface area contributed by atoms with Crippen molar-refractivity contribution in [3.8, 4) is 33.4 Å². The molecule has 0 fully saturated rings. The van der Waals surface area contributed by atoms with Gasteiger partial charge in [-0.05, 0) is 110 Å². The molecular formula is C48H40Si. The number of hydrogen-bond acceptors (Lipinski definition) is 0. The van der Waals surface area contributed by atoms with Crippen molar-refractivity contribution in [2.75, 3.05) is 0 Å². The molecule has 9 aromatic rings. The molecule has 0 saturated carbocycles. The molecule has 9 rings (SSSR count). The smallest absolute Gasteiger partial charge is 0.0650 e. The van der Waals surface area contributed by atoms with E-state index in [1.165, 1.54) is 87.2 Å². The zero-order valence-electron chi connectivity index (χ0n) is 28.9. The van der Waals surface area contributed by atoms with Gasteiger partial charge in [0.25, 0.3) is 0 Å². The Morgan fingerprint density at radius 3 is 1.33 bits per heavy atom. The second kappa shape index (κ2) is 10.9. The van der Waals surface area contributed by atoms with Crippen molar-refractivity contribution >= 4 is 67.1 Å². The molecule has 0 atom stereocenters. The molecular weight excluding hydrogens is 605 g/mol. The highest BCUT2D eigenvalue weighted by Crippen LogP contribution is 2.47. The molecule has 1 heteroatoms. The maximum absolute atomic E-state index is 2.58. The molecule has 236 valence electrons. The summed E-state index contributed by atoms with van der Waals surface area (Å²) < 4.78 is 0. The van der Waals surface area contributed by atoms with Gasteiger partial charge in [0.05, 0.1) is 8.07 Å². The Kier molecular flexibility index (Phi) is 6.63. The summed E-state index contributed by atoms with van der Waals surface area (Å²) in [5.74, 6) is 0. The second-order valence-electron chi connectivity index (χ2n) is 15.4. The van der Waals surface area contributed by atoms with Crippen LogP contribution in [0.3, 0.4) is 0 Å². The average molecular weight is 645 g/mol. The first-order valence-corrected chi connectivity index (χ1v) is 20.5. The van der Waals surface area contributed by atoms with E-state index in [1.54, 1.807) is 5.19 Å². The van der Waals surface area contributed by atoms with Gasteiger partial charge in [-0.25, -0.2) is 0 Å². The topological polar surface area (TPSA) is 0 Å². The lowest BCUT2D eigenvalue weighted by atomic mass is 9.83. The minimum Gasteiger partial charge on any atom is -0.0650 e. The number of fused-ring (bicyclic) bond motifs is 2. The van der Waals surface area contributed by atoms with Gasteiger partial charge in [-0.3, -0.25) is 0 Å². The second-order valence-corrected chi connectivity index (χ2v) is 20.7. The third-order valence-corrected chi connectivity index (χ3v) is 17.2. The number of hydrogen-bond donors (Lipinski definition) is 0. The molecule has 0 aliphatic heterocycles. The molecule has 0 heterocycles. The third-order valence-electron chi connectivity index (χ3n) is 11.7. The summed E-state index contributed by atoms with van der Waals surface area (Å²) in [5, 5.41) is 15.0. The van der Waals surface area contributed by atoms with E-state index in [4.69, 9.17) is 0 Å². The maximum atomic E-state index is 2.58. The highest BCUT2D eigenvalue weighted by molar-refractivity contribution is 6.94. The lowest BCUT2D eigenvalue weighted by Crippen LogP contribution is -2.49. The van der Waals surface area contributed by atoms with Crippen molar-refractivity contribution in [2.24, 2.45) is 0 Å². The molecule has 0 aliphatic carbocycles. The number of benzene rings is 9. The fraction of sp³-hybridized carbons (Fsp3) is 0.125. The Bertz CT molecular complexity index is 2710. The van der Waals surface area contributed by atoms with Gasteiger partial charge in [-0.15, -0.1) is 0 Å². The Morgan fingerprint density at radius 2 is 0.796 bits per heavy atom. The van der Waals surface area contributed by atoms with Gasteiger partial charge >= 0.3 is 0 Å². The van der Waals surface area contributed by atoms with E-state index in [0.717, 1.165) is 0 Å². The van der Waals surface area contributed by atoms with Crippen LogP contribution in [0.1, 0.15) is 20.8 Å². The molecule has 9 aromatic carbocycles. The third kappa shape index (κ3) is 4.64. The van der Waals surface area contributed by atoms with E-state index >= 15 is 0 Å². The van der Waals surface area contributed by atoms with Crippen LogP contribution in [-0.2, 0) is 0 Å². The van der Waals surface area contributed by atoms with Gasteiger partial charge in [0.15, 0.2) is 0 Å². The summed E-state index contributed by atoms with van der Waals surface area (Å²) in [6.07, 6.45) is 0. The van der Waals surface area contributed by atoms with E-state index < -0.39 is 8.07 Å². The molecule has 0 aromatic heterocycles. The van der Waals surface area contributed by atoms with Gasteiger partial charge in [0.2, 0.25) is 0 Å². The maximum Gasteiger partial charge on any atom is 0.0867 e. The minimum absolute atomic E-state index is 0.183. The van der Waals surface area contributed by atoms with Crippen molar-refractivity contribution < 1.29 is 0 Å². The zero-order chi connectivity index (χ0) is 33.5. The summed E-state index contributed by atoms with van der Waals surface area (Å²) in [4.78, 5) is 0. The van der Waals surface area contributed by atoms with Gasteiger partial charge in [-0.2, -0.15) is 0 Å². The average Bonchev–Trinajstić information content (AvgIpc) is 3.12. The summed E-state index contributed by atoms with van der Waals surface area (Å²) >= 11 is 0. The molecule has 0 bridgehead atoms. The summed E-state index contributed by atoms with van der Waals surface area (Å²) in [5.41, 5.74) is 7.71. The summed E-state index contributed by atoms with van der Waals surface area (Å²) in [7, 11) is -1.98. The minimum atomic E-state index is -1.98. The molecule has 0 radical (unpaired) electrons. The van der Waals surface area contributed by atoms with Crippen molar-refractivity contribution in [2.45, 2.75) is 38.9 Å². The molecule has 0 spiro atoms. The predicted octanol–water partition coefficient (Wildman–Crippen LogP) is 13.6. The first kappa shape index (κ1) is 29.9. The van der Waals surface area contributed by atoms with Crippen molar-refractivity contribution in [1.29, 1.82) is 0 Å². The highest BCUT2D eigenvalue weighted by atomic mass is 28.3. The van der Waals surface area contributed by atoms with Crippen molar-refractivity contribution in [3.63, 3.8) is 0 Å². The highest BCUT2D eigenvalue weighted by Gasteiger charge is 2.39. The monoisotopic (exact) mass is 644 g/mol. The Morgan fingerprint density at radius 1 is 0.367 bits per heavy atom. The molecule has 0 unspecified atom stereocenters. The van der Waals surface area contributed by atoms with Crippen LogP contribution in [0.5, 0.6) is 0 Å². The molecule has 0 aliphatic rings. The molecule has 0 nitrogen and oxygen atoms in total. The zero-order valence-corrected chi connectivity index (χ0v) is 29.9. The summed E-state index contributed by atoms with van der Waals surface area (Å²) in [6, 6.07) is 57.1. The number of rotatable bonds is 4. The normalized spacial score (nSPS) is 12.6. The molecule has 0 saturated heterocycles. The van der Waals surface area contributed by atoms with Crippen LogP contribution >= 0.6 is 0 Å². The van der Waals surface area contributed by atoms with E-state index in [9.17, 15) is 0 Å². The van der Waals surface area contributed by atoms with Gasteiger partial charge in [0.1, 0.15) is 0 Å². The van der Waals surface area contributed by atoms with Gasteiger partial charge in [-0.1, -0.05) is 173 Å². The van der Waals surface area contributed by atoms with E-state index in [1.807, 2.05) is 0 Å². The van der Waals surface area contributed by atoms with Crippen LogP contribution in [-0.4, -0.2) is 8.07 Å². The van der Waals surface area contributed by atoms with Crippen LogP contribution < -0.4 is 5.19 Å². The van der Waals surface area contributed by atoms with Crippen LogP contribution in [0.15, 0.2) is 152 Å². The van der Waals surface area contributed by atoms with Gasteiger partial charge < -0.3 is 0 Å². The van der Waals surface area contributed by atoms with E-state index in [0.29, 0.717) is 0 Å². The standard InChI is InChI=1S/C48H40Si/c1-48(2,3)49(4,5)45-30-44(37-22-20-32-14-10-12-18-35(32)28-37)40-24-23-38-42(33-15-7-6-8-16-33)29-43(39-25-26-41(45)47(40)46(38)39)36-21-19-31-13-9-11-17-34(31)27-36/h6-30H,1-5H3. The lowest BCUT2D eigenvalue weighted by Gasteiger charge is -2.39. The Labute approximate surface area is 290 Å². The van der Waals surface area contributed by atoms with Crippen LogP contribution in [0, 0.1) is 0 Å². The largest absolute Gasteiger partial charge is 0.0867 e. The first-order valence-electron chi connectivity index (χ1n) is 17.5. The molecule has 0 N–H and O–H groups in total. The van der Waals surface area contributed by atoms with Crippen molar-refractivity contribution in [1.82, 2.24) is 0 Å². The fourth-order valence-electron chi connectivity index (χ4n) is 7.96. The first-order chi connectivity index (χ1) is 23.7. The quantitative estimate of drug-likeness (QED) is 0.132. The fourth-order valence-corrected chi connectivity index (χ4v) is 10.2. The molecule has 49 heavy (non-hydrogen) atoms.